The van der Waals surface area contributed by atoms with E-state index in [4.69, 9.17) is 9.47 Å². The van der Waals surface area contributed by atoms with Crippen molar-refractivity contribution in [2.24, 2.45) is 0 Å². The molecule has 0 N–H and O–H groups in total. The molecular weight excluding hydrogens is 328 g/mol. The van der Waals surface area contributed by atoms with E-state index < -0.39 is 11.9 Å². The van der Waals surface area contributed by atoms with Crippen LogP contribution in [0.4, 0.5) is 0 Å². The maximum absolute atomic E-state index is 12.2. The Hall–Kier alpha value is -3.14. The first kappa shape index (κ1) is 20.9. The molecule has 0 saturated heterocycles. The second-order valence-corrected chi connectivity index (χ2v) is 5.24. The van der Waals surface area contributed by atoms with Gasteiger partial charge in [0.1, 0.15) is 0 Å². The summed E-state index contributed by atoms with van der Waals surface area (Å²) in [6.45, 7) is 7.21. The Kier molecular flexibility index (Phi) is 9.85. The summed E-state index contributed by atoms with van der Waals surface area (Å²) in [5.41, 5.74) is 2.24. The molecule has 0 aromatic heterocycles. The number of carbonyl (C=O) groups excluding carboxylic acids is 2. The number of allylic oxidation sites excluding steroid dienone is 5. The monoisotopic (exact) mass is 352 g/mol. The van der Waals surface area contributed by atoms with Crippen LogP contribution in [-0.2, 0) is 19.1 Å². The topological polar surface area (TPSA) is 52.6 Å². The van der Waals surface area contributed by atoms with Crippen molar-refractivity contribution in [3.8, 4) is 0 Å². The normalized spacial score (nSPS) is 11.9. The zero-order valence-electron chi connectivity index (χ0n) is 15.0. The Balaban J connectivity index is 3.04. The van der Waals surface area contributed by atoms with Gasteiger partial charge in [0.05, 0.1) is 13.7 Å². The van der Waals surface area contributed by atoms with Crippen molar-refractivity contribution in [2.45, 2.75) is 12.8 Å². The minimum Gasteiger partial charge on any atom is -0.466 e. The minimum absolute atomic E-state index is 0.201. The summed E-state index contributed by atoms with van der Waals surface area (Å²) in [6.07, 6.45) is 11.0. The summed E-state index contributed by atoms with van der Waals surface area (Å²) < 4.78 is 9.87. The third-order valence-corrected chi connectivity index (χ3v) is 3.43. The number of methoxy groups -OCH3 is 1. The van der Waals surface area contributed by atoms with Crippen LogP contribution in [0.5, 0.6) is 0 Å². The maximum Gasteiger partial charge on any atom is 0.334 e. The Morgan fingerprint density at radius 1 is 1.12 bits per heavy atom. The molecule has 0 aliphatic rings. The smallest absolute Gasteiger partial charge is 0.334 e. The van der Waals surface area contributed by atoms with Gasteiger partial charge in [-0.05, 0) is 24.0 Å². The standard InChI is InChI=1S/C22H24O4/c1-4-6-13-19(16-15-18-11-8-7-9-12-18)20(22(24)25-3)14-10-17-26-21(23)5-2/h4-9,11-13,15-16H,1-2,10,14,17H2,3H3. The predicted octanol–water partition coefficient (Wildman–Crippen LogP) is 4.42. The maximum atomic E-state index is 12.2. The molecule has 136 valence electrons. The number of hydrogen-bond acceptors (Lipinski definition) is 4. The van der Waals surface area contributed by atoms with Gasteiger partial charge in [0.15, 0.2) is 0 Å². The molecule has 0 radical (unpaired) electrons. The van der Waals surface area contributed by atoms with E-state index in [0.717, 1.165) is 17.2 Å². The number of esters is 2. The van der Waals surface area contributed by atoms with Gasteiger partial charge in [-0.15, -0.1) is 0 Å². The van der Waals surface area contributed by atoms with Crippen molar-refractivity contribution in [2.75, 3.05) is 13.7 Å². The van der Waals surface area contributed by atoms with E-state index in [0.29, 0.717) is 18.4 Å². The largest absolute Gasteiger partial charge is 0.466 e. The van der Waals surface area contributed by atoms with Crippen LogP contribution >= 0.6 is 0 Å². The highest BCUT2D eigenvalue weighted by Crippen LogP contribution is 2.18. The molecule has 0 bridgehead atoms. The van der Waals surface area contributed by atoms with Gasteiger partial charge >= 0.3 is 11.9 Å². The number of rotatable bonds is 10. The highest BCUT2D eigenvalue weighted by atomic mass is 16.5. The number of carbonyl (C=O) groups is 2. The van der Waals surface area contributed by atoms with Gasteiger partial charge in [-0.25, -0.2) is 9.59 Å². The van der Waals surface area contributed by atoms with Gasteiger partial charge in [-0.1, -0.05) is 73.9 Å². The molecule has 4 heteroatoms. The minimum atomic E-state index is -0.482. The quantitative estimate of drug-likeness (QED) is 0.271. The fourth-order valence-corrected chi connectivity index (χ4v) is 2.15. The second-order valence-electron chi connectivity index (χ2n) is 5.24. The van der Waals surface area contributed by atoms with Crippen LogP contribution in [0.15, 0.2) is 85.0 Å². The van der Waals surface area contributed by atoms with Crippen LogP contribution in [0, 0.1) is 0 Å². The van der Waals surface area contributed by atoms with E-state index >= 15 is 0 Å². The summed E-state index contributed by atoms with van der Waals surface area (Å²) in [5, 5.41) is 0. The lowest BCUT2D eigenvalue weighted by Crippen LogP contribution is -2.09. The Morgan fingerprint density at radius 3 is 2.46 bits per heavy atom. The van der Waals surface area contributed by atoms with Crippen LogP contribution in [0.1, 0.15) is 18.4 Å². The van der Waals surface area contributed by atoms with Gasteiger partial charge in [0, 0.05) is 11.6 Å². The molecule has 0 heterocycles. The average molecular weight is 352 g/mol. The van der Waals surface area contributed by atoms with Crippen molar-refractivity contribution in [1.82, 2.24) is 0 Å². The fraction of sp³-hybridized carbons (Fsp3) is 0.182. The molecule has 0 amide bonds. The van der Waals surface area contributed by atoms with Crippen LogP contribution in [0.2, 0.25) is 0 Å². The zero-order valence-corrected chi connectivity index (χ0v) is 15.0. The Bertz CT molecular complexity index is 709. The van der Waals surface area contributed by atoms with Crippen molar-refractivity contribution in [3.05, 3.63) is 90.6 Å². The SMILES string of the molecule is C=CC=CC(C=Cc1ccccc1)=C(CCCOC(=O)C=C)C(=O)OC. The van der Waals surface area contributed by atoms with Crippen LogP contribution < -0.4 is 0 Å². The summed E-state index contributed by atoms with van der Waals surface area (Å²) in [6, 6.07) is 9.77. The third kappa shape index (κ3) is 7.62. The van der Waals surface area contributed by atoms with Gasteiger partial charge in [0.25, 0.3) is 0 Å². The van der Waals surface area contributed by atoms with E-state index in [9.17, 15) is 9.59 Å². The molecule has 0 fully saturated rings. The zero-order chi connectivity index (χ0) is 19.2. The number of hydrogen-bond donors (Lipinski definition) is 0. The second kappa shape index (κ2) is 12.3. The lowest BCUT2D eigenvalue weighted by atomic mass is 10.0. The van der Waals surface area contributed by atoms with Crippen LogP contribution in [0.25, 0.3) is 6.08 Å². The van der Waals surface area contributed by atoms with Crippen molar-refractivity contribution in [3.63, 3.8) is 0 Å². The van der Waals surface area contributed by atoms with E-state index in [1.807, 2.05) is 42.5 Å². The van der Waals surface area contributed by atoms with Crippen molar-refractivity contribution >= 4 is 18.0 Å². The molecule has 0 spiro atoms. The van der Waals surface area contributed by atoms with E-state index in [-0.39, 0.29) is 6.61 Å². The van der Waals surface area contributed by atoms with Crippen LogP contribution in [-0.4, -0.2) is 25.7 Å². The number of benzene rings is 1. The van der Waals surface area contributed by atoms with Gasteiger partial charge in [-0.2, -0.15) is 0 Å². The summed E-state index contributed by atoms with van der Waals surface area (Å²) in [4.78, 5) is 23.3. The molecule has 1 aromatic rings. The molecule has 1 aromatic carbocycles. The average Bonchev–Trinajstić information content (AvgIpc) is 2.68. The molecule has 0 atom stereocenters. The number of ether oxygens (including phenoxy) is 2. The van der Waals surface area contributed by atoms with Crippen molar-refractivity contribution in [1.29, 1.82) is 0 Å². The predicted molar refractivity (Wildman–Crippen MR) is 104 cm³/mol. The van der Waals surface area contributed by atoms with Crippen molar-refractivity contribution < 1.29 is 19.1 Å². The Morgan fingerprint density at radius 2 is 1.85 bits per heavy atom. The van der Waals surface area contributed by atoms with E-state index in [1.165, 1.54) is 7.11 Å². The van der Waals surface area contributed by atoms with E-state index in [2.05, 4.69) is 13.2 Å². The molecular formula is C22H24O4. The highest BCUT2D eigenvalue weighted by Gasteiger charge is 2.13. The molecule has 26 heavy (non-hydrogen) atoms. The van der Waals surface area contributed by atoms with Gasteiger partial charge in [-0.3, -0.25) is 0 Å². The molecule has 0 saturated carbocycles. The molecule has 1 rings (SSSR count). The fourth-order valence-electron chi connectivity index (χ4n) is 2.15. The molecule has 0 unspecified atom stereocenters. The summed E-state index contributed by atoms with van der Waals surface area (Å²) in [7, 11) is 1.34. The molecule has 0 aliphatic heterocycles. The first-order valence-electron chi connectivity index (χ1n) is 8.25. The lowest BCUT2D eigenvalue weighted by Gasteiger charge is -2.09. The molecule has 4 nitrogen and oxygen atoms in total. The highest BCUT2D eigenvalue weighted by molar-refractivity contribution is 5.91. The third-order valence-electron chi connectivity index (χ3n) is 3.43. The molecule has 0 aliphatic carbocycles. The van der Waals surface area contributed by atoms with Gasteiger partial charge < -0.3 is 9.47 Å². The first-order valence-corrected chi connectivity index (χ1v) is 8.25. The summed E-state index contributed by atoms with van der Waals surface area (Å²) in [5.74, 6) is -0.897. The lowest BCUT2D eigenvalue weighted by molar-refractivity contribution is -0.137. The summed E-state index contributed by atoms with van der Waals surface area (Å²) >= 11 is 0. The van der Waals surface area contributed by atoms with E-state index in [1.54, 1.807) is 18.2 Å². The van der Waals surface area contributed by atoms with Gasteiger partial charge in [0.2, 0.25) is 0 Å². The Labute approximate surface area is 154 Å². The van der Waals surface area contributed by atoms with Crippen LogP contribution in [0.3, 0.4) is 0 Å². The first-order chi connectivity index (χ1) is 12.6.